The summed E-state index contributed by atoms with van der Waals surface area (Å²) in [6, 6.07) is 6.82. The largest absolute Gasteiger partial charge is 0.125 e. The van der Waals surface area contributed by atoms with Gasteiger partial charge in [-0.3, -0.25) is 0 Å². The van der Waals surface area contributed by atoms with Crippen LogP contribution in [0.1, 0.15) is 42.4 Å². The number of aryl methyl sites for hydroxylation is 1. The third kappa shape index (κ3) is 2.57. The maximum absolute atomic E-state index is 6.64. The molecule has 2 aromatic rings. The number of hydrogen-bond donors (Lipinski definition) is 0. The maximum Gasteiger partial charge on any atom is 0.0561 e. The van der Waals surface area contributed by atoms with Gasteiger partial charge < -0.3 is 0 Å². The Labute approximate surface area is 166 Å². The molecule has 5 rings (SSSR count). The predicted octanol–water partition coefficient (Wildman–Crippen LogP) is 7.78. The number of hydrogen-bond acceptors (Lipinski definition) is 1. The molecule has 0 saturated carbocycles. The van der Waals surface area contributed by atoms with Crippen LogP contribution in [-0.2, 0) is 6.42 Å². The van der Waals surface area contributed by atoms with Crippen molar-refractivity contribution in [2.24, 2.45) is 0 Å². The lowest BCUT2D eigenvalue weighted by molar-refractivity contribution is 0.831. The Morgan fingerprint density at radius 1 is 1.04 bits per heavy atom. The molecule has 1 aliphatic heterocycles. The minimum Gasteiger partial charge on any atom is -0.125 e. The molecular formula is C22H18BrClS. The van der Waals surface area contributed by atoms with Crippen molar-refractivity contribution in [3.8, 4) is 0 Å². The van der Waals surface area contributed by atoms with E-state index in [0.717, 1.165) is 22.3 Å². The van der Waals surface area contributed by atoms with E-state index in [-0.39, 0.29) is 0 Å². The second-order valence-corrected chi connectivity index (χ2v) is 9.23. The first-order chi connectivity index (χ1) is 12.2. The summed E-state index contributed by atoms with van der Waals surface area (Å²) in [7, 11) is 0. The van der Waals surface area contributed by atoms with E-state index in [1.807, 2.05) is 11.8 Å². The van der Waals surface area contributed by atoms with Crippen molar-refractivity contribution in [2.45, 2.75) is 32.1 Å². The van der Waals surface area contributed by atoms with Crippen LogP contribution < -0.4 is 0 Å². The van der Waals surface area contributed by atoms with Gasteiger partial charge in [-0.15, -0.1) is 11.8 Å². The van der Waals surface area contributed by atoms with Crippen molar-refractivity contribution in [3.63, 3.8) is 0 Å². The third-order valence-electron chi connectivity index (χ3n) is 5.52. The van der Waals surface area contributed by atoms with Crippen LogP contribution in [0.5, 0.6) is 0 Å². The van der Waals surface area contributed by atoms with Crippen LogP contribution >= 0.6 is 39.3 Å². The fourth-order valence-corrected chi connectivity index (χ4v) is 6.28. The summed E-state index contributed by atoms with van der Waals surface area (Å²) in [5.74, 6) is 1.17. The SMILES string of the molecule is Clc1cc2c3c(ccc2c(C2=CCCS2)c1Br)C1=C(CCC=C1)CC3. The summed E-state index contributed by atoms with van der Waals surface area (Å²) in [4.78, 5) is 1.37. The number of rotatable bonds is 1. The van der Waals surface area contributed by atoms with Crippen molar-refractivity contribution in [3.05, 3.63) is 68.2 Å². The molecule has 0 nitrogen and oxygen atoms in total. The summed E-state index contributed by atoms with van der Waals surface area (Å²) in [5, 5.41) is 3.49. The fourth-order valence-electron chi connectivity index (χ4n) is 4.36. The minimum absolute atomic E-state index is 0.822. The molecule has 0 bridgehead atoms. The first-order valence-corrected chi connectivity index (χ1v) is 11.1. The summed E-state index contributed by atoms with van der Waals surface area (Å²) < 4.78 is 1.04. The van der Waals surface area contributed by atoms with Crippen LogP contribution in [0.15, 0.2) is 46.5 Å². The van der Waals surface area contributed by atoms with Crippen LogP contribution in [0.4, 0.5) is 0 Å². The van der Waals surface area contributed by atoms with Crippen LogP contribution in [0.3, 0.4) is 0 Å². The number of allylic oxidation sites excluding steroid dienone is 5. The van der Waals surface area contributed by atoms with Gasteiger partial charge in [0.2, 0.25) is 0 Å². The van der Waals surface area contributed by atoms with E-state index in [1.54, 1.807) is 5.57 Å². The van der Waals surface area contributed by atoms with Gasteiger partial charge >= 0.3 is 0 Å². The Balaban J connectivity index is 1.81. The zero-order valence-electron chi connectivity index (χ0n) is 13.9. The molecule has 1 heterocycles. The van der Waals surface area contributed by atoms with E-state index >= 15 is 0 Å². The Morgan fingerprint density at radius 2 is 1.96 bits per heavy atom. The average molecular weight is 430 g/mol. The van der Waals surface area contributed by atoms with Gasteiger partial charge in [-0.05, 0) is 81.6 Å². The summed E-state index contributed by atoms with van der Waals surface area (Å²) in [5.41, 5.74) is 7.27. The monoisotopic (exact) mass is 428 g/mol. The second-order valence-electron chi connectivity index (χ2n) is 6.90. The fraction of sp³-hybridized carbons (Fsp3) is 0.273. The van der Waals surface area contributed by atoms with Gasteiger partial charge in [0.15, 0.2) is 0 Å². The molecule has 0 saturated heterocycles. The molecule has 0 spiro atoms. The molecule has 3 heteroatoms. The topological polar surface area (TPSA) is 0 Å². The minimum atomic E-state index is 0.822. The van der Waals surface area contributed by atoms with Gasteiger partial charge in [-0.1, -0.05) is 47.5 Å². The highest BCUT2D eigenvalue weighted by molar-refractivity contribution is 9.10. The quantitative estimate of drug-likeness (QED) is 0.446. The molecule has 0 fully saturated rings. The lowest BCUT2D eigenvalue weighted by Crippen LogP contribution is -2.07. The molecule has 2 aliphatic carbocycles. The van der Waals surface area contributed by atoms with Gasteiger partial charge in [-0.2, -0.15) is 0 Å². The molecule has 25 heavy (non-hydrogen) atoms. The van der Waals surface area contributed by atoms with E-state index in [9.17, 15) is 0 Å². The van der Waals surface area contributed by atoms with E-state index in [1.165, 1.54) is 63.0 Å². The van der Waals surface area contributed by atoms with Gasteiger partial charge in [-0.25, -0.2) is 0 Å². The average Bonchev–Trinajstić information content (AvgIpc) is 3.16. The number of halogens is 2. The Morgan fingerprint density at radius 3 is 2.80 bits per heavy atom. The maximum atomic E-state index is 6.64. The summed E-state index contributed by atoms with van der Waals surface area (Å²) >= 11 is 12.3. The van der Waals surface area contributed by atoms with Crippen molar-refractivity contribution in [2.75, 3.05) is 5.75 Å². The molecule has 0 aromatic heterocycles. The van der Waals surface area contributed by atoms with E-state index in [2.05, 4.69) is 52.4 Å². The van der Waals surface area contributed by atoms with E-state index in [0.29, 0.717) is 0 Å². The lowest BCUT2D eigenvalue weighted by Gasteiger charge is -2.26. The smallest absolute Gasteiger partial charge is 0.0561 e. The van der Waals surface area contributed by atoms with Crippen LogP contribution in [0, 0.1) is 0 Å². The second kappa shape index (κ2) is 6.33. The molecule has 0 N–H and O–H groups in total. The zero-order chi connectivity index (χ0) is 17.0. The lowest BCUT2D eigenvalue weighted by atomic mass is 9.79. The van der Waals surface area contributed by atoms with Gasteiger partial charge in [0.25, 0.3) is 0 Å². The summed E-state index contributed by atoms with van der Waals surface area (Å²) in [6.45, 7) is 0. The van der Waals surface area contributed by atoms with Gasteiger partial charge in [0.05, 0.1) is 5.02 Å². The molecular weight excluding hydrogens is 412 g/mol. The Bertz CT molecular complexity index is 997. The Hall–Kier alpha value is -0.960. The summed E-state index contributed by atoms with van der Waals surface area (Å²) in [6.07, 6.45) is 12.9. The third-order valence-corrected chi connectivity index (χ3v) is 7.99. The number of fused-ring (bicyclic) bond motifs is 4. The van der Waals surface area contributed by atoms with Crippen molar-refractivity contribution in [1.29, 1.82) is 0 Å². The predicted molar refractivity (Wildman–Crippen MR) is 115 cm³/mol. The molecule has 0 unspecified atom stereocenters. The van der Waals surface area contributed by atoms with Gasteiger partial charge in [0.1, 0.15) is 0 Å². The molecule has 0 amide bonds. The van der Waals surface area contributed by atoms with Crippen LogP contribution in [0.25, 0.3) is 21.3 Å². The normalized spacial score (nSPS) is 19.2. The van der Waals surface area contributed by atoms with Crippen molar-refractivity contribution < 1.29 is 0 Å². The van der Waals surface area contributed by atoms with Gasteiger partial charge in [0, 0.05) is 20.7 Å². The number of thioether (sulfide) groups is 1. The first kappa shape index (κ1) is 16.2. The van der Waals surface area contributed by atoms with E-state index < -0.39 is 0 Å². The molecule has 2 aromatic carbocycles. The van der Waals surface area contributed by atoms with E-state index in [4.69, 9.17) is 11.6 Å². The molecule has 3 aliphatic rings. The highest BCUT2D eigenvalue weighted by Gasteiger charge is 2.24. The molecule has 126 valence electrons. The van der Waals surface area contributed by atoms with Crippen molar-refractivity contribution >= 4 is 60.5 Å². The standard InChI is InChI=1S/C22H18BrClS/c23-22-19(24)12-18-16-8-7-13-4-1-2-5-14(13)15(16)9-10-17(18)21(22)20-6-3-11-25-20/h2,5-6,9-10,12H,1,3-4,7-8,11H2. The molecule has 0 radical (unpaired) electrons. The zero-order valence-corrected chi connectivity index (χ0v) is 17.0. The van der Waals surface area contributed by atoms with Crippen molar-refractivity contribution in [1.82, 2.24) is 0 Å². The van der Waals surface area contributed by atoms with Crippen LogP contribution in [0.2, 0.25) is 5.02 Å². The molecule has 0 atom stereocenters. The first-order valence-electron chi connectivity index (χ1n) is 8.90. The Kier molecular flexibility index (Phi) is 4.11. The highest BCUT2D eigenvalue weighted by Crippen LogP contribution is 2.47. The highest BCUT2D eigenvalue weighted by atomic mass is 79.9. The number of benzene rings is 2. The van der Waals surface area contributed by atoms with Crippen LogP contribution in [-0.4, -0.2) is 5.75 Å².